The van der Waals surface area contributed by atoms with Gasteiger partial charge in [0.05, 0.1) is 6.26 Å². The number of rotatable bonds is 4. The first kappa shape index (κ1) is 17.4. The number of carbonyl (C=O) groups is 1. The Labute approximate surface area is 150 Å². The van der Waals surface area contributed by atoms with Crippen molar-refractivity contribution in [1.29, 1.82) is 0 Å². The van der Waals surface area contributed by atoms with Crippen LogP contribution in [0.4, 0.5) is 5.69 Å². The molecule has 0 saturated carbocycles. The molecule has 25 heavy (non-hydrogen) atoms. The van der Waals surface area contributed by atoms with Gasteiger partial charge in [0.25, 0.3) is 5.91 Å². The molecule has 1 fully saturated rings. The van der Waals surface area contributed by atoms with Crippen LogP contribution in [0.1, 0.15) is 5.76 Å². The summed E-state index contributed by atoms with van der Waals surface area (Å²) in [7, 11) is 0. The maximum absolute atomic E-state index is 12.3. The number of anilines is 1. The number of amides is 1. The van der Waals surface area contributed by atoms with E-state index in [4.69, 9.17) is 20.8 Å². The van der Waals surface area contributed by atoms with E-state index in [1.165, 1.54) is 12.3 Å². The molecule has 0 atom stereocenters. The number of hydrogen-bond acceptors (Lipinski definition) is 5. The monoisotopic (exact) mass is 362 g/mol. The van der Waals surface area contributed by atoms with Crippen molar-refractivity contribution < 1.29 is 13.9 Å². The SMILES string of the molecule is Cc1occc(=O)c1OCC(=O)N1CCN(c2ccc(Cl)cc2)CC1. The molecular formula is C18H19ClN2O4. The minimum absolute atomic E-state index is 0.0932. The van der Waals surface area contributed by atoms with Crippen molar-refractivity contribution in [1.82, 2.24) is 4.90 Å². The Kier molecular flexibility index (Phi) is 5.28. The van der Waals surface area contributed by atoms with E-state index in [2.05, 4.69) is 4.90 Å². The van der Waals surface area contributed by atoms with Crippen LogP contribution in [0, 0.1) is 6.92 Å². The predicted molar refractivity (Wildman–Crippen MR) is 95.5 cm³/mol. The van der Waals surface area contributed by atoms with Gasteiger partial charge >= 0.3 is 0 Å². The Morgan fingerprint density at radius 3 is 2.48 bits per heavy atom. The Morgan fingerprint density at radius 1 is 1.16 bits per heavy atom. The molecular weight excluding hydrogens is 344 g/mol. The largest absolute Gasteiger partial charge is 0.476 e. The van der Waals surface area contributed by atoms with E-state index in [1.807, 2.05) is 24.3 Å². The summed E-state index contributed by atoms with van der Waals surface area (Å²) in [6.45, 7) is 4.14. The molecule has 0 bridgehead atoms. The maximum Gasteiger partial charge on any atom is 0.260 e. The summed E-state index contributed by atoms with van der Waals surface area (Å²) < 4.78 is 10.5. The van der Waals surface area contributed by atoms with Gasteiger partial charge in [-0.1, -0.05) is 11.6 Å². The van der Waals surface area contributed by atoms with Gasteiger partial charge in [-0.15, -0.1) is 0 Å². The van der Waals surface area contributed by atoms with Crippen LogP contribution in [0.5, 0.6) is 5.75 Å². The molecule has 2 aromatic rings. The first-order valence-electron chi connectivity index (χ1n) is 8.04. The van der Waals surface area contributed by atoms with E-state index < -0.39 is 0 Å². The summed E-state index contributed by atoms with van der Waals surface area (Å²) in [6, 6.07) is 8.94. The normalized spacial score (nSPS) is 14.5. The second kappa shape index (κ2) is 7.61. The lowest BCUT2D eigenvalue weighted by molar-refractivity contribution is -0.133. The highest BCUT2D eigenvalue weighted by molar-refractivity contribution is 6.30. The highest BCUT2D eigenvalue weighted by Gasteiger charge is 2.22. The van der Waals surface area contributed by atoms with Crippen molar-refractivity contribution >= 4 is 23.2 Å². The van der Waals surface area contributed by atoms with Gasteiger partial charge in [0.15, 0.2) is 6.61 Å². The maximum atomic E-state index is 12.3. The summed E-state index contributed by atoms with van der Waals surface area (Å²) >= 11 is 5.91. The predicted octanol–water partition coefficient (Wildman–Crippen LogP) is 2.33. The van der Waals surface area contributed by atoms with Crippen LogP contribution in [0.3, 0.4) is 0 Å². The standard InChI is InChI=1S/C18H19ClN2O4/c1-13-18(16(22)6-11-24-13)25-12-17(23)21-9-7-20(8-10-21)15-4-2-14(19)3-5-15/h2-6,11H,7-10,12H2,1H3. The van der Waals surface area contributed by atoms with Crippen LogP contribution in [-0.4, -0.2) is 43.6 Å². The molecule has 0 aliphatic carbocycles. The summed E-state index contributed by atoms with van der Waals surface area (Å²) in [6.07, 6.45) is 1.31. The van der Waals surface area contributed by atoms with Crippen molar-refractivity contribution in [2.45, 2.75) is 6.92 Å². The zero-order chi connectivity index (χ0) is 17.8. The minimum Gasteiger partial charge on any atom is -0.476 e. The van der Waals surface area contributed by atoms with E-state index in [-0.39, 0.29) is 23.7 Å². The number of halogens is 1. The molecule has 0 unspecified atom stereocenters. The molecule has 132 valence electrons. The molecule has 1 saturated heterocycles. The molecule has 6 nitrogen and oxygen atoms in total. The number of benzene rings is 1. The van der Waals surface area contributed by atoms with Gasteiger partial charge in [0.1, 0.15) is 5.76 Å². The lowest BCUT2D eigenvalue weighted by Gasteiger charge is -2.36. The molecule has 3 rings (SSSR count). The molecule has 1 aliphatic rings. The van der Waals surface area contributed by atoms with Crippen LogP contribution >= 0.6 is 11.6 Å². The van der Waals surface area contributed by atoms with Gasteiger partial charge in [-0.3, -0.25) is 9.59 Å². The summed E-state index contributed by atoms with van der Waals surface area (Å²) in [5.74, 6) is 0.321. The number of nitrogens with zero attached hydrogens (tertiary/aromatic N) is 2. The molecule has 0 spiro atoms. The molecule has 2 heterocycles. The highest BCUT2D eigenvalue weighted by Crippen LogP contribution is 2.19. The van der Waals surface area contributed by atoms with Crippen molar-refractivity contribution in [2.75, 3.05) is 37.7 Å². The van der Waals surface area contributed by atoms with Crippen LogP contribution in [0.15, 0.2) is 45.8 Å². The average Bonchev–Trinajstić information content (AvgIpc) is 2.62. The molecule has 1 aliphatic heterocycles. The van der Waals surface area contributed by atoms with Crippen LogP contribution in [0.25, 0.3) is 0 Å². The Morgan fingerprint density at radius 2 is 1.84 bits per heavy atom. The van der Waals surface area contributed by atoms with Crippen LogP contribution in [0.2, 0.25) is 5.02 Å². The minimum atomic E-state index is -0.288. The number of carbonyl (C=O) groups excluding carboxylic acids is 1. The van der Waals surface area contributed by atoms with Gasteiger partial charge in [0, 0.05) is 43.0 Å². The van der Waals surface area contributed by atoms with Crippen molar-refractivity contribution in [3.05, 3.63) is 57.6 Å². The first-order valence-corrected chi connectivity index (χ1v) is 8.42. The molecule has 1 aromatic carbocycles. The lowest BCUT2D eigenvalue weighted by Crippen LogP contribution is -2.50. The van der Waals surface area contributed by atoms with Gasteiger partial charge in [0.2, 0.25) is 11.2 Å². The average molecular weight is 363 g/mol. The molecule has 1 amide bonds. The Bertz CT molecular complexity index is 795. The molecule has 7 heteroatoms. The third kappa shape index (κ3) is 4.14. The van der Waals surface area contributed by atoms with E-state index in [1.54, 1.807) is 11.8 Å². The number of aryl methyl sites for hydroxylation is 1. The Balaban J connectivity index is 1.53. The van der Waals surface area contributed by atoms with Crippen molar-refractivity contribution in [2.24, 2.45) is 0 Å². The van der Waals surface area contributed by atoms with Crippen LogP contribution < -0.4 is 15.1 Å². The van der Waals surface area contributed by atoms with Crippen molar-refractivity contribution in [3.8, 4) is 5.75 Å². The second-order valence-corrected chi connectivity index (χ2v) is 6.24. The Hall–Kier alpha value is -2.47. The third-order valence-electron chi connectivity index (χ3n) is 4.17. The fraction of sp³-hybridized carbons (Fsp3) is 0.333. The summed E-state index contributed by atoms with van der Waals surface area (Å²) in [4.78, 5) is 28.0. The first-order chi connectivity index (χ1) is 12.0. The van der Waals surface area contributed by atoms with Crippen LogP contribution in [-0.2, 0) is 4.79 Å². The highest BCUT2D eigenvalue weighted by atomic mass is 35.5. The molecule has 0 radical (unpaired) electrons. The lowest BCUT2D eigenvalue weighted by atomic mass is 10.2. The third-order valence-corrected chi connectivity index (χ3v) is 4.42. The molecule has 1 aromatic heterocycles. The van der Waals surface area contributed by atoms with E-state index in [0.29, 0.717) is 23.9 Å². The quantitative estimate of drug-likeness (QED) is 0.835. The fourth-order valence-corrected chi connectivity index (χ4v) is 2.89. The van der Waals surface area contributed by atoms with E-state index in [9.17, 15) is 9.59 Å². The van der Waals surface area contributed by atoms with Gasteiger partial charge in [-0.2, -0.15) is 0 Å². The fourth-order valence-electron chi connectivity index (χ4n) is 2.76. The van der Waals surface area contributed by atoms with Crippen molar-refractivity contribution in [3.63, 3.8) is 0 Å². The summed E-state index contributed by atoms with van der Waals surface area (Å²) in [5, 5.41) is 0.704. The van der Waals surface area contributed by atoms with Gasteiger partial charge in [-0.05, 0) is 31.2 Å². The zero-order valence-corrected chi connectivity index (χ0v) is 14.7. The summed E-state index contributed by atoms with van der Waals surface area (Å²) in [5.41, 5.74) is 0.800. The number of hydrogen-bond donors (Lipinski definition) is 0. The molecule has 0 N–H and O–H groups in total. The van der Waals surface area contributed by atoms with Gasteiger partial charge < -0.3 is 19.0 Å². The topological polar surface area (TPSA) is 63.0 Å². The van der Waals surface area contributed by atoms with Gasteiger partial charge in [-0.25, -0.2) is 0 Å². The smallest absolute Gasteiger partial charge is 0.260 e. The van der Waals surface area contributed by atoms with E-state index >= 15 is 0 Å². The van der Waals surface area contributed by atoms with E-state index in [0.717, 1.165) is 18.8 Å². The number of ether oxygens (including phenoxy) is 1. The zero-order valence-electron chi connectivity index (χ0n) is 13.9. The number of piperazine rings is 1. The second-order valence-electron chi connectivity index (χ2n) is 5.80.